The number of carboxylic acids is 1. The van der Waals surface area contributed by atoms with Crippen molar-refractivity contribution in [2.24, 2.45) is 0 Å². The first kappa shape index (κ1) is 16.3. The zero-order valence-electron chi connectivity index (χ0n) is 11.6. The van der Waals surface area contributed by atoms with Gasteiger partial charge in [0.2, 0.25) is 10.0 Å². The monoisotopic (exact) mass is 299 g/mol. The fraction of sp³-hybridized carbons (Fsp3) is 0.462. The smallest absolute Gasteiger partial charge is 0.340 e. The van der Waals surface area contributed by atoms with Crippen LogP contribution in [0.3, 0.4) is 0 Å². The summed E-state index contributed by atoms with van der Waals surface area (Å²) in [5, 5.41) is 9.13. The number of nitrogens with one attached hydrogen (secondary N) is 1. The van der Waals surface area contributed by atoms with E-state index in [1.165, 1.54) is 13.8 Å². The van der Waals surface area contributed by atoms with Crippen LogP contribution in [0.25, 0.3) is 0 Å². The maximum Gasteiger partial charge on any atom is 0.340 e. The summed E-state index contributed by atoms with van der Waals surface area (Å²) < 4.78 is 32.1. The molecule has 0 spiro atoms. The summed E-state index contributed by atoms with van der Waals surface area (Å²) in [6.45, 7) is 4.67. The first-order valence-corrected chi connectivity index (χ1v) is 7.54. The lowest BCUT2D eigenvalue weighted by Crippen LogP contribution is -2.34. The first-order valence-electron chi connectivity index (χ1n) is 6.06. The molecule has 1 aromatic heterocycles. The lowest BCUT2D eigenvalue weighted by Gasteiger charge is -2.12. The van der Waals surface area contributed by atoms with Gasteiger partial charge in [-0.15, -0.1) is 6.42 Å². The Morgan fingerprint density at radius 2 is 2.05 bits per heavy atom. The molecule has 0 fully saturated rings. The number of hydrogen-bond acceptors (Lipinski definition) is 4. The number of sulfonamides is 1. The van der Waals surface area contributed by atoms with Crippen LogP contribution in [-0.4, -0.2) is 25.5 Å². The molecule has 0 aliphatic heterocycles. The second kappa shape index (κ2) is 6.11. The van der Waals surface area contributed by atoms with Gasteiger partial charge in [-0.25, -0.2) is 13.2 Å². The van der Waals surface area contributed by atoms with E-state index in [9.17, 15) is 13.2 Å². The van der Waals surface area contributed by atoms with E-state index in [4.69, 9.17) is 15.9 Å². The molecule has 0 saturated heterocycles. The van der Waals surface area contributed by atoms with Crippen molar-refractivity contribution in [3.63, 3.8) is 0 Å². The highest BCUT2D eigenvalue weighted by molar-refractivity contribution is 7.89. The van der Waals surface area contributed by atoms with Crippen LogP contribution in [-0.2, 0) is 10.0 Å². The molecule has 0 amide bonds. The average Bonchev–Trinajstić information content (AvgIpc) is 2.64. The van der Waals surface area contributed by atoms with Crippen LogP contribution < -0.4 is 4.72 Å². The van der Waals surface area contributed by atoms with Gasteiger partial charge in [0, 0.05) is 0 Å². The number of aromatic carboxylic acids is 1. The summed E-state index contributed by atoms with van der Waals surface area (Å²) in [5.74, 6) is 1.05. The number of terminal acetylenes is 1. The van der Waals surface area contributed by atoms with E-state index >= 15 is 0 Å². The third-order valence-corrected chi connectivity index (χ3v) is 4.39. The fourth-order valence-electron chi connectivity index (χ4n) is 1.95. The third-order valence-electron chi connectivity index (χ3n) is 2.76. The highest BCUT2D eigenvalue weighted by Gasteiger charge is 2.31. The van der Waals surface area contributed by atoms with Gasteiger partial charge in [0.1, 0.15) is 22.0 Å². The molecule has 0 bridgehead atoms. The van der Waals surface area contributed by atoms with Crippen molar-refractivity contribution in [2.45, 2.75) is 44.6 Å². The Balaban J connectivity index is 3.30. The van der Waals surface area contributed by atoms with E-state index < -0.39 is 22.0 Å². The number of aryl methyl sites for hydroxylation is 2. The minimum atomic E-state index is -4.05. The molecular formula is C13H17NO5S. The molecule has 6 nitrogen and oxygen atoms in total. The molecule has 0 radical (unpaired) electrons. The quantitative estimate of drug-likeness (QED) is 0.779. The third kappa shape index (κ3) is 3.21. The number of hydrogen-bond donors (Lipinski definition) is 2. The summed E-state index contributed by atoms with van der Waals surface area (Å²) in [5.41, 5.74) is -0.359. The molecule has 1 aromatic rings. The van der Waals surface area contributed by atoms with Gasteiger partial charge in [0.25, 0.3) is 0 Å². The summed E-state index contributed by atoms with van der Waals surface area (Å²) in [7, 11) is -4.05. The summed E-state index contributed by atoms with van der Waals surface area (Å²) >= 11 is 0. The van der Waals surface area contributed by atoms with Gasteiger partial charge in [-0.2, -0.15) is 4.72 Å². The van der Waals surface area contributed by atoms with E-state index in [1.807, 2.05) is 6.92 Å². The van der Waals surface area contributed by atoms with Crippen LogP contribution in [0.1, 0.15) is 41.6 Å². The van der Waals surface area contributed by atoms with Crippen LogP contribution in [0.4, 0.5) is 0 Å². The number of rotatable bonds is 6. The Bertz CT molecular complexity index is 651. The van der Waals surface area contributed by atoms with Crippen molar-refractivity contribution >= 4 is 16.0 Å². The summed E-state index contributed by atoms with van der Waals surface area (Å²) in [6.07, 6.45) is 6.44. The Morgan fingerprint density at radius 1 is 1.45 bits per heavy atom. The minimum Gasteiger partial charge on any atom is -0.478 e. The normalized spacial score (nSPS) is 12.9. The predicted octanol–water partition coefficient (Wildman–Crippen LogP) is 1.67. The van der Waals surface area contributed by atoms with Gasteiger partial charge in [0.05, 0.1) is 6.04 Å². The van der Waals surface area contributed by atoms with Crippen LogP contribution in [0, 0.1) is 26.2 Å². The van der Waals surface area contributed by atoms with Gasteiger partial charge in [-0.3, -0.25) is 0 Å². The molecule has 1 rings (SSSR count). The average molecular weight is 299 g/mol. The molecule has 1 atom stereocenters. The van der Waals surface area contributed by atoms with Crippen molar-refractivity contribution in [1.82, 2.24) is 4.72 Å². The van der Waals surface area contributed by atoms with Gasteiger partial charge in [-0.05, 0) is 20.3 Å². The molecule has 20 heavy (non-hydrogen) atoms. The molecular weight excluding hydrogens is 282 g/mol. The molecule has 0 aliphatic carbocycles. The first-order chi connectivity index (χ1) is 9.24. The standard InChI is InChI=1S/C13H17NO5S/c1-5-7-10(6-2)14-20(17,18)12-9(4)19-8(3)11(12)13(15)16/h2,10,14H,5,7H2,1,3-4H3,(H,15,16). The number of furan rings is 1. The van der Waals surface area contributed by atoms with E-state index in [0.29, 0.717) is 12.8 Å². The molecule has 1 heterocycles. The Hall–Kier alpha value is -1.78. The number of carboxylic acid groups (broad SMARTS) is 1. The zero-order chi connectivity index (χ0) is 15.5. The Kier molecular flexibility index (Phi) is 4.98. The van der Waals surface area contributed by atoms with E-state index in [2.05, 4.69) is 10.6 Å². The van der Waals surface area contributed by atoms with Crippen LogP contribution >= 0.6 is 0 Å². The Labute approximate surface area is 118 Å². The van der Waals surface area contributed by atoms with Crippen LogP contribution in [0.2, 0.25) is 0 Å². The van der Waals surface area contributed by atoms with Crippen LogP contribution in [0.15, 0.2) is 9.31 Å². The van der Waals surface area contributed by atoms with E-state index in [1.54, 1.807) is 0 Å². The Morgan fingerprint density at radius 3 is 2.50 bits per heavy atom. The van der Waals surface area contributed by atoms with Gasteiger partial charge in [-0.1, -0.05) is 19.3 Å². The summed E-state index contributed by atoms with van der Waals surface area (Å²) in [6, 6.07) is -0.679. The lowest BCUT2D eigenvalue weighted by atomic mass is 10.2. The van der Waals surface area contributed by atoms with Crippen LogP contribution in [0.5, 0.6) is 0 Å². The van der Waals surface area contributed by atoms with Crippen molar-refractivity contribution < 1.29 is 22.7 Å². The molecule has 1 unspecified atom stereocenters. The molecule has 0 aromatic carbocycles. The van der Waals surface area contributed by atoms with Crippen molar-refractivity contribution in [1.29, 1.82) is 0 Å². The van der Waals surface area contributed by atoms with Gasteiger partial charge >= 0.3 is 5.97 Å². The SMILES string of the molecule is C#CC(CCC)NS(=O)(=O)c1c(C)oc(C)c1C(=O)O. The maximum absolute atomic E-state index is 12.3. The van der Waals surface area contributed by atoms with Gasteiger partial charge in [0.15, 0.2) is 0 Å². The van der Waals surface area contributed by atoms with Crippen molar-refractivity contribution in [3.8, 4) is 12.3 Å². The topological polar surface area (TPSA) is 96.6 Å². The largest absolute Gasteiger partial charge is 0.478 e. The molecule has 0 aliphatic rings. The molecule has 0 saturated carbocycles. The number of carbonyl (C=O) groups is 1. The zero-order valence-corrected chi connectivity index (χ0v) is 12.4. The highest BCUT2D eigenvalue weighted by atomic mass is 32.2. The predicted molar refractivity (Wildman–Crippen MR) is 73.0 cm³/mol. The second-order valence-electron chi connectivity index (χ2n) is 4.35. The lowest BCUT2D eigenvalue weighted by molar-refractivity contribution is 0.0691. The molecule has 2 N–H and O–H groups in total. The van der Waals surface area contributed by atoms with Crippen molar-refractivity contribution in [2.75, 3.05) is 0 Å². The maximum atomic E-state index is 12.3. The highest BCUT2D eigenvalue weighted by Crippen LogP contribution is 2.26. The second-order valence-corrected chi connectivity index (χ2v) is 6.00. The molecule has 7 heteroatoms. The summed E-state index contributed by atoms with van der Waals surface area (Å²) in [4.78, 5) is 10.8. The van der Waals surface area contributed by atoms with E-state index in [0.717, 1.165) is 0 Å². The fourth-order valence-corrected chi connectivity index (χ4v) is 3.54. The minimum absolute atomic E-state index is 0.0275. The molecule has 110 valence electrons. The van der Waals surface area contributed by atoms with Gasteiger partial charge < -0.3 is 9.52 Å². The van der Waals surface area contributed by atoms with Crippen molar-refractivity contribution in [3.05, 3.63) is 17.1 Å². The van der Waals surface area contributed by atoms with E-state index in [-0.39, 0.29) is 22.0 Å².